The van der Waals surface area contributed by atoms with E-state index in [1.54, 1.807) is 24.5 Å². The number of hydrogen-bond donors (Lipinski definition) is 1. The molecule has 7 heteroatoms. The Morgan fingerprint density at radius 2 is 1.96 bits per heavy atom. The molecule has 0 radical (unpaired) electrons. The fourth-order valence-electron chi connectivity index (χ4n) is 2.53. The fraction of sp³-hybridized carbons (Fsp3) is 0.278. The molecule has 0 saturated carbocycles. The van der Waals surface area contributed by atoms with Crippen molar-refractivity contribution >= 4 is 10.9 Å². The molecule has 3 aromatic rings. The van der Waals surface area contributed by atoms with Gasteiger partial charge in [0, 0.05) is 29.3 Å². The molecular weight excluding hydrogens is 333 g/mol. The van der Waals surface area contributed by atoms with E-state index in [0.29, 0.717) is 42.2 Å². The normalized spacial score (nSPS) is 11.8. The number of rotatable bonds is 6. The van der Waals surface area contributed by atoms with Gasteiger partial charge in [-0.15, -0.1) is 0 Å². The van der Waals surface area contributed by atoms with Gasteiger partial charge >= 0.3 is 6.18 Å². The van der Waals surface area contributed by atoms with Crippen LogP contribution in [-0.2, 0) is 10.9 Å². The average molecular weight is 350 g/mol. The van der Waals surface area contributed by atoms with Crippen LogP contribution in [0.15, 0.2) is 42.7 Å². The zero-order valence-electron chi connectivity index (χ0n) is 13.6. The van der Waals surface area contributed by atoms with E-state index in [1.165, 1.54) is 6.07 Å². The highest BCUT2D eigenvalue weighted by Crippen LogP contribution is 2.34. The van der Waals surface area contributed by atoms with Gasteiger partial charge in [-0.1, -0.05) is 0 Å². The number of H-pyrrole nitrogens is 1. The summed E-state index contributed by atoms with van der Waals surface area (Å²) in [6.45, 7) is 3.32. The van der Waals surface area contributed by atoms with Gasteiger partial charge in [0.05, 0.1) is 24.1 Å². The first-order valence-corrected chi connectivity index (χ1v) is 7.84. The number of ether oxygens (including phenoxy) is 2. The molecule has 132 valence electrons. The number of benzene rings is 1. The maximum atomic E-state index is 12.9. The van der Waals surface area contributed by atoms with Crippen molar-refractivity contribution in [2.75, 3.05) is 19.8 Å². The minimum absolute atomic E-state index is 0.366. The number of nitrogens with one attached hydrogen (secondary N) is 1. The second kappa shape index (κ2) is 7.14. The minimum Gasteiger partial charge on any atom is -0.489 e. The standard InChI is InChI=1S/C18H17F3N2O2/c1-2-24-7-8-25-17-11-22-6-5-14(17)16-10-12-9-13(18(19,20)21)3-4-15(12)23-16/h3-6,9-11,23H,2,7-8H2,1H3. The lowest BCUT2D eigenvalue weighted by Crippen LogP contribution is -2.07. The monoisotopic (exact) mass is 350 g/mol. The lowest BCUT2D eigenvalue weighted by atomic mass is 10.1. The van der Waals surface area contributed by atoms with Gasteiger partial charge in [0.25, 0.3) is 0 Å². The quantitative estimate of drug-likeness (QED) is 0.658. The molecule has 0 amide bonds. The second-order valence-corrected chi connectivity index (χ2v) is 5.40. The summed E-state index contributed by atoms with van der Waals surface area (Å²) in [4.78, 5) is 7.17. The fourth-order valence-corrected chi connectivity index (χ4v) is 2.53. The average Bonchev–Trinajstić information content (AvgIpc) is 3.01. The van der Waals surface area contributed by atoms with Crippen molar-refractivity contribution in [3.63, 3.8) is 0 Å². The summed E-state index contributed by atoms with van der Waals surface area (Å²) in [5.74, 6) is 0.546. The molecule has 0 bridgehead atoms. The Kier molecular flexibility index (Phi) is 4.94. The number of pyridine rings is 1. The van der Waals surface area contributed by atoms with Crippen LogP contribution in [0.2, 0.25) is 0 Å². The van der Waals surface area contributed by atoms with Gasteiger partial charge in [0.15, 0.2) is 0 Å². The summed E-state index contributed by atoms with van der Waals surface area (Å²) in [6.07, 6.45) is -1.18. The molecule has 1 aromatic carbocycles. The van der Waals surface area contributed by atoms with Crippen molar-refractivity contribution in [2.24, 2.45) is 0 Å². The third-order valence-corrected chi connectivity index (χ3v) is 3.71. The predicted molar refractivity (Wildman–Crippen MR) is 88.5 cm³/mol. The Morgan fingerprint density at radius 3 is 2.72 bits per heavy atom. The molecule has 1 N–H and O–H groups in total. The summed E-state index contributed by atoms with van der Waals surface area (Å²) in [7, 11) is 0. The van der Waals surface area contributed by atoms with E-state index >= 15 is 0 Å². The Bertz CT molecular complexity index is 859. The first-order valence-electron chi connectivity index (χ1n) is 7.84. The van der Waals surface area contributed by atoms with Gasteiger partial charge in [0.2, 0.25) is 0 Å². The van der Waals surface area contributed by atoms with Crippen molar-refractivity contribution in [3.8, 4) is 17.0 Å². The molecule has 0 aliphatic heterocycles. The Morgan fingerprint density at radius 1 is 1.12 bits per heavy atom. The van der Waals surface area contributed by atoms with Gasteiger partial charge in [-0.05, 0) is 37.3 Å². The van der Waals surface area contributed by atoms with Crippen LogP contribution in [0.25, 0.3) is 22.2 Å². The lowest BCUT2D eigenvalue weighted by molar-refractivity contribution is -0.137. The van der Waals surface area contributed by atoms with Crippen molar-refractivity contribution in [1.82, 2.24) is 9.97 Å². The summed E-state index contributed by atoms with van der Waals surface area (Å²) in [5.41, 5.74) is 1.35. The molecule has 0 atom stereocenters. The van der Waals surface area contributed by atoms with Crippen molar-refractivity contribution < 1.29 is 22.6 Å². The first kappa shape index (κ1) is 17.3. The predicted octanol–water partition coefficient (Wildman–Crippen LogP) is 4.66. The molecule has 0 saturated heterocycles. The van der Waals surface area contributed by atoms with Gasteiger partial charge < -0.3 is 14.5 Å². The van der Waals surface area contributed by atoms with Crippen LogP contribution >= 0.6 is 0 Å². The van der Waals surface area contributed by atoms with Crippen molar-refractivity contribution in [3.05, 3.63) is 48.3 Å². The zero-order valence-corrected chi connectivity index (χ0v) is 13.6. The molecule has 0 aliphatic carbocycles. The van der Waals surface area contributed by atoms with Crippen LogP contribution < -0.4 is 4.74 Å². The highest BCUT2D eigenvalue weighted by molar-refractivity contribution is 5.87. The van der Waals surface area contributed by atoms with Crippen LogP contribution in [0.3, 0.4) is 0 Å². The van der Waals surface area contributed by atoms with E-state index in [-0.39, 0.29) is 0 Å². The van der Waals surface area contributed by atoms with E-state index in [2.05, 4.69) is 9.97 Å². The Labute approximate surface area is 142 Å². The van der Waals surface area contributed by atoms with E-state index in [9.17, 15) is 13.2 Å². The largest absolute Gasteiger partial charge is 0.489 e. The smallest absolute Gasteiger partial charge is 0.416 e. The van der Waals surface area contributed by atoms with Crippen LogP contribution in [0.4, 0.5) is 13.2 Å². The van der Waals surface area contributed by atoms with Crippen LogP contribution in [0, 0.1) is 0 Å². The maximum Gasteiger partial charge on any atom is 0.416 e. The van der Waals surface area contributed by atoms with Gasteiger partial charge in [0.1, 0.15) is 12.4 Å². The minimum atomic E-state index is -4.37. The van der Waals surface area contributed by atoms with E-state index in [0.717, 1.165) is 17.7 Å². The Balaban J connectivity index is 1.91. The molecule has 2 aromatic heterocycles. The molecule has 0 unspecified atom stereocenters. The lowest BCUT2D eigenvalue weighted by Gasteiger charge is -2.09. The number of halogens is 3. The van der Waals surface area contributed by atoms with Crippen LogP contribution in [0.5, 0.6) is 5.75 Å². The summed E-state index contributed by atoms with van der Waals surface area (Å²) in [5, 5.41) is 0.488. The molecule has 4 nitrogen and oxygen atoms in total. The Hall–Kier alpha value is -2.54. The molecule has 0 spiro atoms. The van der Waals surface area contributed by atoms with Gasteiger partial charge in [-0.2, -0.15) is 13.2 Å². The van der Waals surface area contributed by atoms with Crippen LogP contribution in [-0.4, -0.2) is 29.8 Å². The molecule has 3 rings (SSSR count). The third-order valence-electron chi connectivity index (χ3n) is 3.71. The number of aromatic amines is 1. The second-order valence-electron chi connectivity index (χ2n) is 5.40. The molecule has 0 fully saturated rings. The third kappa shape index (κ3) is 3.93. The number of nitrogens with zero attached hydrogens (tertiary/aromatic N) is 1. The number of alkyl halides is 3. The first-order chi connectivity index (χ1) is 12.0. The molecule has 25 heavy (non-hydrogen) atoms. The van der Waals surface area contributed by atoms with Gasteiger partial charge in [-0.25, -0.2) is 0 Å². The molecule has 2 heterocycles. The van der Waals surface area contributed by atoms with E-state index in [1.807, 2.05) is 6.92 Å². The van der Waals surface area contributed by atoms with Crippen LogP contribution in [0.1, 0.15) is 12.5 Å². The maximum absolute atomic E-state index is 12.9. The zero-order chi connectivity index (χ0) is 17.9. The van der Waals surface area contributed by atoms with Crippen molar-refractivity contribution in [1.29, 1.82) is 0 Å². The number of hydrogen-bond acceptors (Lipinski definition) is 3. The highest BCUT2D eigenvalue weighted by atomic mass is 19.4. The highest BCUT2D eigenvalue weighted by Gasteiger charge is 2.30. The number of fused-ring (bicyclic) bond motifs is 1. The SMILES string of the molecule is CCOCCOc1cnccc1-c1cc2cc(C(F)(F)F)ccc2[nH]1. The van der Waals surface area contributed by atoms with Gasteiger partial charge in [-0.3, -0.25) is 4.98 Å². The van der Waals surface area contributed by atoms with E-state index < -0.39 is 11.7 Å². The summed E-state index contributed by atoms with van der Waals surface area (Å²) < 4.78 is 49.5. The topological polar surface area (TPSA) is 47.1 Å². The molecular formula is C18H17F3N2O2. The summed E-state index contributed by atoms with van der Waals surface area (Å²) >= 11 is 0. The van der Waals surface area contributed by atoms with Crippen molar-refractivity contribution in [2.45, 2.75) is 13.1 Å². The molecule has 0 aliphatic rings. The summed E-state index contributed by atoms with van der Waals surface area (Å²) in [6, 6.07) is 7.06. The van der Waals surface area contributed by atoms with E-state index in [4.69, 9.17) is 9.47 Å². The number of aromatic nitrogens is 2.